The highest BCUT2D eigenvalue weighted by Gasteiger charge is 2.34. The smallest absolute Gasteiger partial charge is 0.231 e. The first-order chi connectivity index (χ1) is 17.4. The molecule has 36 heavy (non-hydrogen) atoms. The SMILES string of the molecule is CCOc1cc([C@@H]2C(C#N)=C(N)Oc3cc4c(cc32)OCO4)cc(I)c1OCc1ccc(Cl)cc1Cl. The molecule has 3 aromatic rings. The minimum atomic E-state index is -0.499. The number of allylic oxidation sites excluding steroid dienone is 1. The molecule has 2 heterocycles. The van der Waals surface area contributed by atoms with Crippen molar-refractivity contribution in [2.75, 3.05) is 13.4 Å². The Labute approximate surface area is 231 Å². The van der Waals surface area contributed by atoms with Gasteiger partial charge in [0.05, 0.1) is 16.1 Å². The number of hydrogen-bond acceptors (Lipinski definition) is 7. The predicted octanol–water partition coefficient (Wildman–Crippen LogP) is 6.52. The van der Waals surface area contributed by atoms with E-state index in [9.17, 15) is 5.26 Å². The van der Waals surface area contributed by atoms with Gasteiger partial charge in [-0.15, -0.1) is 0 Å². The number of nitrogens with two attached hydrogens (primary N) is 1. The van der Waals surface area contributed by atoms with Crippen molar-refractivity contribution in [3.8, 4) is 34.8 Å². The molecule has 0 aliphatic carbocycles. The van der Waals surface area contributed by atoms with Crippen LogP contribution in [-0.4, -0.2) is 13.4 Å². The minimum absolute atomic E-state index is 0.0412. The summed E-state index contributed by atoms with van der Waals surface area (Å²) in [5.41, 5.74) is 8.78. The van der Waals surface area contributed by atoms with Crippen LogP contribution in [0.5, 0.6) is 28.7 Å². The van der Waals surface area contributed by atoms with E-state index in [1.54, 1.807) is 18.2 Å². The maximum Gasteiger partial charge on any atom is 0.231 e. The van der Waals surface area contributed by atoms with Crippen LogP contribution in [0.4, 0.5) is 0 Å². The third-order valence-electron chi connectivity index (χ3n) is 5.76. The van der Waals surface area contributed by atoms with Gasteiger partial charge in [-0.3, -0.25) is 0 Å². The summed E-state index contributed by atoms with van der Waals surface area (Å²) in [4.78, 5) is 0. The second-order valence-corrected chi connectivity index (χ2v) is 9.96. The van der Waals surface area contributed by atoms with Crippen LogP contribution < -0.4 is 29.4 Å². The van der Waals surface area contributed by atoms with Gasteiger partial charge >= 0.3 is 0 Å². The molecule has 1 atom stereocenters. The van der Waals surface area contributed by atoms with E-state index in [1.165, 1.54) is 0 Å². The predicted molar refractivity (Wildman–Crippen MR) is 143 cm³/mol. The topological polar surface area (TPSA) is 96.0 Å². The molecule has 7 nitrogen and oxygen atoms in total. The highest BCUT2D eigenvalue weighted by atomic mass is 127. The van der Waals surface area contributed by atoms with E-state index < -0.39 is 5.92 Å². The standard InChI is InChI=1S/C26H19Cl2IN2O5/c1-2-32-23-6-14(5-19(29)25(23)33-11-13-3-4-15(27)7-18(13)28)24-16-8-21-22(35-12-34-21)9-20(16)36-26(31)17(24)10-30/h3-9,24H,2,11-12,31H2,1H3/t24-/m0/s1. The van der Waals surface area contributed by atoms with Crippen molar-refractivity contribution in [2.24, 2.45) is 5.73 Å². The number of ether oxygens (including phenoxy) is 5. The Balaban J connectivity index is 1.56. The number of benzene rings is 3. The van der Waals surface area contributed by atoms with E-state index in [-0.39, 0.29) is 19.3 Å². The second kappa shape index (κ2) is 10.2. The summed E-state index contributed by atoms with van der Waals surface area (Å²) >= 11 is 14.5. The Kier molecular flexibility index (Phi) is 6.97. The molecule has 2 N–H and O–H groups in total. The average Bonchev–Trinajstić information content (AvgIpc) is 3.30. The van der Waals surface area contributed by atoms with Crippen molar-refractivity contribution in [2.45, 2.75) is 19.4 Å². The highest BCUT2D eigenvalue weighted by Crippen LogP contribution is 2.49. The molecular weight excluding hydrogens is 618 g/mol. The molecule has 0 bridgehead atoms. The van der Waals surface area contributed by atoms with Crippen LogP contribution in [0.3, 0.4) is 0 Å². The minimum Gasteiger partial charge on any atom is -0.490 e. The number of nitrogens with zero attached hydrogens (tertiary/aromatic N) is 1. The molecule has 0 amide bonds. The zero-order valence-electron chi connectivity index (χ0n) is 18.9. The molecular formula is C26H19Cl2IN2O5. The lowest BCUT2D eigenvalue weighted by molar-refractivity contribution is 0.174. The van der Waals surface area contributed by atoms with E-state index in [0.29, 0.717) is 51.0 Å². The third kappa shape index (κ3) is 4.59. The Morgan fingerprint density at radius 2 is 1.86 bits per heavy atom. The van der Waals surface area contributed by atoms with Gasteiger partial charge in [0.15, 0.2) is 23.0 Å². The lowest BCUT2D eigenvalue weighted by Gasteiger charge is -2.27. The average molecular weight is 637 g/mol. The van der Waals surface area contributed by atoms with Gasteiger partial charge in [-0.1, -0.05) is 29.3 Å². The number of hydrogen-bond donors (Lipinski definition) is 1. The van der Waals surface area contributed by atoms with E-state index >= 15 is 0 Å². The van der Waals surface area contributed by atoms with E-state index in [4.69, 9.17) is 52.6 Å². The van der Waals surface area contributed by atoms with Gasteiger partial charge in [-0.05, 0) is 65.4 Å². The Morgan fingerprint density at radius 1 is 1.08 bits per heavy atom. The third-order valence-corrected chi connectivity index (χ3v) is 7.15. The van der Waals surface area contributed by atoms with Crippen molar-refractivity contribution in [1.82, 2.24) is 0 Å². The van der Waals surface area contributed by atoms with Crippen molar-refractivity contribution in [3.63, 3.8) is 0 Å². The zero-order valence-corrected chi connectivity index (χ0v) is 22.6. The molecule has 0 aromatic heterocycles. The van der Waals surface area contributed by atoms with Gasteiger partial charge in [0.2, 0.25) is 12.7 Å². The van der Waals surface area contributed by atoms with Gasteiger partial charge in [0.1, 0.15) is 24.0 Å². The van der Waals surface area contributed by atoms with Gasteiger partial charge in [-0.25, -0.2) is 0 Å². The monoisotopic (exact) mass is 636 g/mol. The summed E-state index contributed by atoms with van der Waals surface area (Å²) < 4.78 is 29.7. The fraction of sp³-hybridized carbons (Fsp3) is 0.192. The van der Waals surface area contributed by atoms with Crippen molar-refractivity contribution in [1.29, 1.82) is 5.26 Å². The molecule has 2 aliphatic rings. The molecule has 0 saturated heterocycles. The van der Waals surface area contributed by atoms with E-state index in [2.05, 4.69) is 28.7 Å². The van der Waals surface area contributed by atoms with Gasteiger partial charge in [-0.2, -0.15) is 5.26 Å². The Hall–Kier alpha value is -3.00. The molecule has 0 spiro atoms. The fourth-order valence-corrected chi connectivity index (χ4v) is 5.38. The Morgan fingerprint density at radius 3 is 2.58 bits per heavy atom. The van der Waals surface area contributed by atoms with Gasteiger partial charge in [0, 0.05) is 27.2 Å². The molecule has 0 saturated carbocycles. The Bertz CT molecular complexity index is 1440. The van der Waals surface area contributed by atoms with Crippen LogP contribution in [0, 0.1) is 14.9 Å². The lowest BCUT2D eigenvalue weighted by Crippen LogP contribution is -2.21. The van der Waals surface area contributed by atoms with Gasteiger partial charge in [0.25, 0.3) is 0 Å². The molecule has 10 heteroatoms. The van der Waals surface area contributed by atoms with E-state index in [0.717, 1.165) is 20.3 Å². The van der Waals surface area contributed by atoms with E-state index in [1.807, 2.05) is 31.2 Å². The summed E-state index contributed by atoms with van der Waals surface area (Å²) in [5, 5.41) is 11.0. The van der Waals surface area contributed by atoms with Crippen LogP contribution in [0.15, 0.2) is 53.9 Å². The van der Waals surface area contributed by atoms with Crippen molar-refractivity contribution in [3.05, 3.63) is 84.2 Å². The summed E-state index contributed by atoms with van der Waals surface area (Å²) in [6, 6.07) is 14.8. The normalized spacial score (nSPS) is 15.7. The van der Waals surface area contributed by atoms with Crippen LogP contribution >= 0.6 is 45.8 Å². The number of nitriles is 1. The summed E-state index contributed by atoms with van der Waals surface area (Å²) in [5.74, 6) is 2.30. The van der Waals surface area contributed by atoms with Crippen LogP contribution in [-0.2, 0) is 6.61 Å². The van der Waals surface area contributed by atoms with Crippen LogP contribution in [0.25, 0.3) is 0 Å². The van der Waals surface area contributed by atoms with Crippen LogP contribution in [0.2, 0.25) is 10.0 Å². The largest absolute Gasteiger partial charge is 0.490 e. The first-order valence-corrected chi connectivity index (χ1v) is 12.8. The molecule has 0 unspecified atom stereocenters. The zero-order chi connectivity index (χ0) is 25.4. The second-order valence-electron chi connectivity index (χ2n) is 7.96. The summed E-state index contributed by atoms with van der Waals surface area (Å²) in [6.45, 7) is 2.66. The molecule has 0 radical (unpaired) electrons. The first-order valence-electron chi connectivity index (χ1n) is 10.9. The van der Waals surface area contributed by atoms with Crippen molar-refractivity contribution >= 4 is 45.8 Å². The maximum atomic E-state index is 9.96. The van der Waals surface area contributed by atoms with Crippen LogP contribution in [0.1, 0.15) is 29.5 Å². The number of fused-ring (bicyclic) bond motifs is 2. The lowest BCUT2D eigenvalue weighted by atomic mass is 9.83. The fourth-order valence-electron chi connectivity index (χ4n) is 4.14. The highest BCUT2D eigenvalue weighted by molar-refractivity contribution is 14.1. The van der Waals surface area contributed by atoms with Gasteiger partial charge < -0.3 is 29.4 Å². The molecule has 184 valence electrons. The molecule has 0 fully saturated rings. The first kappa shape index (κ1) is 24.7. The number of rotatable bonds is 6. The van der Waals surface area contributed by atoms with Crippen molar-refractivity contribution < 1.29 is 23.7 Å². The quantitative estimate of drug-likeness (QED) is 0.308. The summed E-state index contributed by atoms with van der Waals surface area (Å²) in [7, 11) is 0. The summed E-state index contributed by atoms with van der Waals surface area (Å²) in [6.07, 6.45) is 0. The number of halogens is 3. The molecule has 5 rings (SSSR count). The maximum absolute atomic E-state index is 9.96. The molecule has 2 aliphatic heterocycles. The molecule has 3 aromatic carbocycles.